The lowest BCUT2D eigenvalue weighted by atomic mass is 10.0. The van der Waals surface area contributed by atoms with Gasteiger partial charge in [0.05, 0.1) is 15.8 Å². The molecule has 0 spiro atoms. The summed E-state index contributed by atoms with van der Waals surface area (Å²) in [6, 6.07) is 12.8. The standard InChI is InChI=1S/C20H23N3O4S/c1-2-3-6-15(13-14-9-11-16(12-10-14)28(21,26)27)23-19(24)17-7-4-5-8-18(17)22-20(23)25/h4-5,7-12,15H,2-3,6,13H2,1H3,(H,22,25)(H2,21,26,27). The van der Waals surface area contributed by atoms with E-state index < -0.39 is 15.7 Å². The van der Waals surface area contributed by atoms with Crippen molar-refractivity contribution in [3.63, 3.8) is 0 Å². The fourth-order valence-electron chi connectivity index (χ4n) is 3.36. The first-order chi connectivity index (χ1) is 13.3. The number of sulfonamides is 1. The van der Waals surface area contributed by atoms with Gasteiger partial charge in [-0.15, -0.1) is 0 Å². The Hall–Kier alpha value is -2.71. The number of primary sulfonamides is 1. The predicted octanol–water partition coefficient (Wildman–Crippen LogP) is 2.31. The second kappa shape index (κ2) is 8.12. The van der Waals surface area contributed by atoms with E-state index in [0.717, 1.165) is 18.4 Å². The van der Waals surface area contributed by atoms with Gasteiger partial charge >= 0.3 is 5.69 Å². The van der Waals surface area contributed by atoms with Crippen molar-refractivity contribution in [3.05, 3.63) is 74.9 Å². The highest BCUT2D eigenvalue weighted by Crippen LogP contribution is 2.20. The summed E-state index contributed by atoms with van der Waals surface area (Å²) in [6.07, 6.45) is 2.89. The Morgan fingerprint density at radius 2 is 1.75 bits per heavy atom. The third kappa shape index (κ3) is 4.23. The molecule has 3 aromatic rings. The number of H-pyrrole nitrogens is 1. The number of nitrogens with one attached hydrogen (secondary N) is 1. The van der Waals surface area contributed by atoms with Gasteiger partial charge in [0.25, 0.3) is 5.56 Å². The van der Waals surface area contributed by atoms with E-state index in [9.17, 15) is 18.0 Å². The van der Waals surface area contributed by atoms with E-state index in [1.54, 1.807) is 36.4 Å². The van der Waals surface area contributed by atoms with Crippen LogP contribution in [0.5, 0.6) is 0 Å². The molecule has 0 aliphatic rings. The van der Waals surface area contributed by atoms with E-state index in [2.05, 4.69) is 4.98 Å². The molecule has 0 saturated heterocycles. The second-order valence-electron chi connectivity index (χ2n) is 6.84. The number of hydrogen-bond acceptors (Lipinski definition) is 4. The Morgan fingerprint density at radius 1 is 1.07 bits per heavy atom. The highest BCUT2D eigenvalue weighted by atomic mass is 32.2. The van der Waals surface area contributed by atoms with E-state index in [4.69, 9.17) is 5.14 Å². The van der Waals surface area contributed by atoms with Crippen LogP contribution in [0.25, 0.3) is 10.9 Å². The highest BCUT2D eigenvalue weighted by Gasteiger charge is 2.18. The molecule has 0 bridgehead atoms. The van der Waals surface area contributed by atoms with Crippen LogP contribution < -0.4 is 16.4 Å². The van der Waals surface area contributed by atoms with Crippen LogP contribution in [0.3, 0.4) is 0 Å². The molecule has 1 aromatic heterocycles. The molecule has 0 saturated carbocycles. The van der Waals surface area contributed by atoms with Crippen molar-refractivity contribution >= 4 is 20.9 Å². The molecular weight excluding hydrogens is 378 g/mol. The van der Waals surface area contributed by atoms with E-state index in [0.29, 0.717) is 23.7 Å². The van der Waals surface area contributed by atoms with E-state index in [1.807, 2.05) is 6.92 Å². The summed E-state index contributed by atoms with van der Waals surface area (Å²) in [5.41, 5.74) is 0.584. The number of para-hydroxylation sites is 1. The number of nitrogens with zero attached hydrogens (tertiary/aromatic N) is 1. The number of nitrogens with two attached hydrogens (primary N) is 1. The topological polar surface area (TPSA) is 115 Å². The average Bonchev–Trinajstić information content (AvgIpc) is 2.65. The molecule has 3 rings (SSSR count). The van der Waals surface area contributed by atoms with Crippen molar-refractivity contribution in [1.29, 1.82) is 0 Å². The maximum atomic E-state index is 13.0. The first kappa shape index (κ1) is 20.0. The maximum Gasteiger partial charge on any atom is 0.329 e. The zero-order valence-corrected chi connectivity index (χ0v) is 16.4. The minimum atomic E-state index is -3.76. The quantitative estimate of drug-likeness (QED) is 0.632. The lowest BCUT2D eigenvalue weighted by Gasteiger charge is -2.19. The van der Waals surface area contributed by atoms with Gasteiger partial charge in [0, 0.05) is 6.04 Å². The van der Waals surface area contributed by atoms with Gasteiger partial charge in [-0.2, -0.15) is 0 Å². The van der Waals surface area contributed by atoms with Gasteiger partial charge in [-0.25, -0.2) is 18.4 Å². The Bertz CT molecular complexity index is 1190. The molecule has 28 heavy (non-hydrogen) atoms. The van der Waals surface area contributed by atoms with Crippen LogP contribution >= 0.6 is 0 Å². The molecule has 3 N–H and O–H groups in total. The fraction of sp³-hybridized carbons (Fsp3) is 0.300. The summed E-state index contributed by atoms with van der Waals surface area (Å²) in [5, 5.41) is 5.60. The minimum absolute atomic E-state index is 0.0297. The van der Waals surface area contributed by atoms with E-state index in [-0.39, 0.29) is 16.5 Å². The molecule has 1 heterocycles. The van der Waals surface area contributed by atoms with Gasteiger partial charge in [0.2, 0.25) is 10.0 Å². The smallest absolute Gasteiger partial charge is 0.307 e. The molecule has 8 heteroatoms. The van der Waals surface area contributed by atoms with Gasteiger partial charge in [-0.05, 0) is 42.7 Å². The third-order valence-electron chi connectivity index (χ3n) is 4.82. The van der Waals surface area contributed by atoms with Gasteiger partial charge in [-0.1, -0.05) is 44.0 Å². The first-order valence-corrected chi connectivity index (χ1v) is 10.7. The van der Waals surface area contributed by atoms with Gasteiger partial charge in [0.15, 0.2) is 0 Å². The summed E-state index contributed by atoms with van der Waals surface area (Å²) in [6.45, 7) is 2.05. The monoisotopic (exact) mass is 401 g/mol. The zero-order valence-electron chi connectivity index (χ0n) is 15.6. The summed E-state index contributed by atoms with van der Waals surface area (Å²) in [4.78, 5) is 28.4. The molecule has 0 fully saturated rings. The van der Waals surface area contributed by atoms with Crippen molar-refractivity contribution in [2.24, 2.45) is 5.14 Å². The molecule has 0 amide bonds. The van der Waals surface area contributed by atoms with Crippen molar-refractivity contribution < 1.29 is 8.42 Å². The molecule has 0 aliphatic heterocycles. The average molecular weight is 401 g/mol. The van der Waals surface area contributed by atoms with Gasteiger partial charge in [0.1, 0.15) is 0 Å². The van der Waals surface area contributed by atoms with Crippen LogP contribution in [0.1, 0.15) is 37.8 Å². The Morgan fingerprint density at radius 3 is 2.39 bits per heavy atom. The van der Waals surface area contributed by atoms with Crippen LogP contribution in [0.2, 0.25) is 0 Å². The minimum Gasteiger partial charge on any atom is -0.307 e. The van der Waals surface area contributed by atoms with Crippen molar-refractivity contribution in [1.82, 2.24) is 9.55 Å². The number of rotatable bonds is 7. The summed E-state index contributed by atoms with van der Waals surface area (Å²) < 4.78 is 24.1. The van der Waals surface area contributed by atoms with Crippen molar-refractivity contribution in [2.75, 3.05) is 0 Å². The fourth-order valence-corrected chi connectivity index (χ4v) is 3.87. The molecule has 0 aliphatic carbocycles. The molecule has 148 valence electrons. The Kier molecular flexibility index (Phi) is 5.81. The van der Waals surface area contributed by atoms with E-state index >= 15 is 0 Å². The first-order valence-electron chi connectivity index (χ1n) is 9.16. The Labute approximate surface area is 162 Å². The number of aromatic nitrogens is 2. The molecule has 7 nitrogen and oxygen atoms in total. The normalized spacial score (nSPS) is 12.9. The molecule has 2 aromatic carbocycles. The molecular formula is C20H23N3O4S. The lowest BCUT2D eigenvalue weighted by molar-refractivity contribution is 0.421. The van der Waals surface area contributed by atoms with Crippen molar-refractivity contribution in [3.8, 4) is 0 Å². The number of fused-ring (bicyclic) bond motifs is 1. The molecule has 1 unspecified atom stereocenters. The van der Waals surface area contributed by atoms with E-state index in [1.165, 1.54) is 16.7 Å². The number of aromatic amines is 1. The predicted molar refractivity (Wildman–Crippen MR) is 109 cm³/mol. The summed E-state index contributed by atoms with van der Waals surface area (Å²) in [7, 11) is -3.76. The molecule has 1 atom stereocenters. The number of unbranched alkanes of at least 4 members (excludes halogenated alkanes) is 1. The SMILES string of the molecule is CCCCC(Cc1ccc(S(N)(=O)=O)cc1)n1c(=O)[nH]c2ccccc2c1=O. The third-order valence-corrected chi connectivity index (χ3v) is 5.75. The van der Waals surface area contributed by atoms with Gasteiger partial charge in [-0.3, -0.25) is 9.36 Å². The zero-order chi connectivity index (χ0) is 20.3. The van der Waals surface area contributed by atoms with Crippen LogP contribution in [0, 0.1) is 0 Å². The lowest BCUT2D eigenvalue weighted by Crippen LogP contribution is -2.38. The second-order valence-corrected chi connectivity index (χ2v) is 8.40. The number of hydrogen-bond donors (Lipinski definition) is 2. The highest BCUT2D eigenvalue weighted by molar-refractivity contribution is 7.89. The number of benzene rings is 2. The van der Waals surface area contributed by atoms with Crippen LogP contribution in [-0.4, -0.2) is 18.0 Å². The van der Waals surface area contributed by atoms with Crippen LogP contribution in [0.15, 0.2) is 63.0 Å². The summed E-state index contributed by atoms with van der Waals surface area (Å²) in [5.74, 6) is 0. The summed E-state index contributed by atoms with van der Waals surface area (Å²) >= 11 is 0. The Balaban J connectivity index is 2.03. The molecule has 0 radical (unpaired) electrons. The van der Waals surface area contributed by atoms with Crippen LogP contribution in [-0.2, 0) is 16.4 Å². The van der Waals surface area contributed by atoms with Gasteiger partial charge < -0.3 is 4.98 Å². The van der Waals surface area contributed by atoms with Crippen LogP contribution in [0.4, 0.5) is 0 Å². The van der Waals surface area contributed by atoms with Crippen molar-refractivity contribution in [2.45, 2.75) is 43.5 Å². The largest absolute Gasteiger partial charge is 0.329 e. The maximum absolute atomic E-state index is 13.0.